The second-order valence-corrected chi connectivity index (χ2v) is 4.73. The minimum absolute atomic E-state index is 0.0334. The van der Waals surface area contributed by atoms with Gasteiger partial charge in [-0.05, 0) is 30.4 Å². The van der Waals surface area contributed by atoms with E-state index in [1.807, 2.05) is 6.07 Å². The van der Waals surface area contributed by atoms with E-state index in [1.165, 1.54) is 0 Å². The van der Waals surface area contributed by atoms with Gasteiger partial charge in [0.1, 0.15) is 5.75 Å². The molecule has 1 aromatic heterocycles. The largest absolute Gasteiger partial charge is 0.497 e. The van der Waals surface area contributed by atoms with E-state index in [-0.39, 0.29) is 16.7 Å². The Kier molecular flexibility index (Phi) is 4.41. The Morgan fingerprint density at radius 1 is 1.55 bits per heavy atom. The van der Waals surface area contributed by atoms with E-state index in [0.29, 0.717) is 23.6 Å². The van der Waals surface area contributed by atoms with E-state index >= 15 is 0 Å². The molecule has 0 atom stereocenters. The molecule has 0 bridgehead atoms. The second kappa shape index (κ2) is 6.06. The average molecular weight is 313 g/mol. The van der Waals surface area contributed by atoms with Crippen molar-refractivity contribution in [3.63, 3.8) is 0 Å². The summed E-state index contributed by atoms with van der Waals surface area (Å²) in [5, 5.41) is 18.3. The minimum Gasteiger partial charge on any atom is -0.497 e. The number of halogens is 1. The topological polar surface area (TPSA) is 85.1 Å². The number of ether oxygens (including phenoxy) is 1. The van der Waals surface area contributed by atoms with Crippen LogP contribution >= 0.6 is 23.8 Å². The molecule has 6 nitrogen and oxygen atoms in total. The van der Waals surface area contributed by atoms with Crippen molar-refractivity contribution in [1.29, 1.82) is 0 Å². The Bertz CT molecular complexity index is 684. The Balaban J connectivity index is 2.69. The van der Waals surface area contributed by atoms with E-state index in [1.54, 1.807) is 23.8 Å². The molecule has 0 spiro atoms. The molecule has 0 aliphatic carbocycles. The normalized spacial score (nSPS) is 11.3. The Morgan fingerprint density at radius 3 is 2.90 bits per heavy atom. The summed E-state index contributed by atoms with van der Waals surface area (Å²) in [5.41, 5.74) is 6.36. The number of hydrogen-bond donors (Lipinski definition) is 2. The SMILES string of the molecule is COc1ccc2c(c1)c(N=NC(N)=S)c(O)n2CCCl. The van der Waals surface area contributed by atoms with Crippen molar-refractivity contribution < 1.29 is 9.84 Å². The number of fused-ring (bicyclic) bond motifs is 1. The zero-order chi connectivity index (χ0) is 14.7. The first-order valence-electron chi connectivity index (χ1n) is 5.74. The molecule has 0 fully saturated rings. The number of aromatic nitrogens is 1. The third kappa shape index (κ3) is 2.68. The Morgan fingerprint density at radius 2 is 2.30 bits per heavy atom. The van der Waals surface area contributed by atoms with E-state index < -0.39 is 0 Å². The van der Waals surface area contributed by atoms with Crippen LogP contribution in [-0.4, -0.2) is 27.8 Å². The molecule has 0 radical (unpaired) electrons. The predicted octanol–water partition coefficient (Wildman–Crippen LogP) is 2.92. The third-order valence-electron chi connectivity index (χ3n) is 2.77. The lowest BCUT2D eigenvalue weighted by Crippen LogP contribution is -2.01. The van der Waals surface area contributed by atoms with Crippen molar-refractivity contribution in [2.75, 3.05) is 13.0 Å². The van der Waals surface area contributed by atoms with E-state index in [0.717, 1.165) is 5.52 Å². The lowest BCUT2D eigenvalue weighted by atomic mass is 10.2. The molecule has 106 valence electrons. The minimum atomic E-state index is -0.106. The molecule has 1 heterocycles. The highest BCUT2D eigenvalue weighted by Crippen LogP contribution is 2.40. The van der Waals surface area contributed by atoms with Gasteiger partial charge < -0.3 is 20.1 Å². The van der Waals surface area contributed by atoms with Crippen molar-refractivity contribution in [1.82, 2.24) is 4.57 Å². The van der Waals surface area contributed by atoms with Crippen LogP contribution in [-0.2, 0) is 6.54 Å². The van der Waals surface area contributed by atoms with Gasteiger partial charge >= 0.3 is 0 Å². The van der Waals surface area contributed by atoms with Crippen molar-refractivity contribution in [3.05, 3.63) is 18.2 Å². The summed E-state index contributed by atoms with van der Waals surface area (Å²) in [4.78, 5) is 0. The zero-order valence-electron chi connectivity index (χ0n) is 10.7. The van der Waals surface area contributed by atoms with Crippen LogP contribution < -0.4 is 10.5 Å². The number of methoxy groups -OCH3 is 1. The van der Waals surface area contributed by atoms with Crippen molar-refractivity contribution in [2.45, 2.75) is 6.54 Å². The summed E-state index contributed by atoms with van der Waals surface area (Å²) in [7, 11) is 1.56. The maximum atomic E-state index is 10.2. The molecule has 0 saturated heterocycles. The van der Waals surface area contributed by atoms with Crippen LogP contribution in [0.4, 0.5) is 5.69 Å². The second-order valence-electron chi connectivity index (χ2n) is 3.93. The number of azo groups is 1. The number of rotatable bonds is 4. The molecule has 8 heteroatoms. The zero-order valence-corrected chi connectivity index (χ0v) is 12.3. The highest BCUT2D eigenvalue weighted by atomic mass is 35.5. The van der Waals surface area contributed by atoms with Gasteiger partial charge in [0.15, 0.2) is 5.69 Å². The molecule has 0 unspecified atom stereocenters. The van der Waals surface area contributed by atoms with E-state index in [9.17, 15) is 5.11 Å². The van der Waals surface area contributed by atoms with Crippen LogP contribution in [0.1, 0.15) is 0 Å². The first-order valence-corrected chi connectivity index (χ1v) is 6.69. The summed E-state index contributed by atoms with van der Waals surface area (Å²) >= 11 is 10.4. The van der Waals surface area contributed by atoms with E-state index in [2.05, 4.69) is 22.4 Å². The van der Waals surface area contributed by atoms with Gasteiger partial charge in [-0.2, -0.15) is 0 Å². The molecule has 2 rings (SSSR count). The molecule has 3 N–H and O–H groups in total. The monoisotopic (exact) mass is 312 g/mol. The Hall–Kier alpha value is -1.86. The molecule has 1 aromatic carbocycles. The van der Waals surface area contributed by atoms with Crippen LogP contribution in [0.15, 0.2) is 28.4 Å². The summed E-state index contributed by atoms with van der Waals surface area (Å²) in [6.07, 6.45) is 0. The van der Waals surface area contributed by atoms with Gasteiger partial charge in [-0.25, -0.2) is 0 Å². The lowest BCUT2D eigenvalue weighted by Gasteiger charge is -2.04. The number of hydrogen-bond acceptors (Lipinski definition) is 4. The fraction of sp³-hybridized carbons (Fsp3) is 0.250. The number of nitrogens with zero attached hydrogens (tertiary/aromatic N) is 3. The van der Waals surface area contributed by atoms with E-state index in [4.69, 9.17) is 22.1 Å². The van der Waals surface area contributed by atoms with Gasteiger partial charge in [0, 0.05) is 17.8 Å². The van der Waals surface area contributed by atoms with Gasteiger partial charge in [0.25, 0.3) is 0 Å². The quantitative estimate of drug-likeness (QED) is 0.516. The van der Waals surface area contributed by atoms with Gasteiger partial charge in [-0.3, -0.25) is 0 Å². The van der Waals surface area contributed by atoms with Gasteiger partial charge in [0.05, 0.1) is 12.6 Å². The number of nitrogens with two attached hydrogens (primary N) is 1. The van der Waals surface area contributed by atoms with Gasteiger partial charge in [0.2, 0.25) is 11.0 Å². The third-order valence-corrected chi connectivity index (χ3v) is 3.02. The first-order chi connectivity index (χ1) is 9.58. The molecule has 0 saturated carbocycles. The molecule has 20 heavy (non-hydrogen) atoms. The maximum absolute atomic E-state index is 10.2. The van der Waals surface area contributed by atoms with Crippen molar-refractivity contribution in [2.24, 2.45) is 16.0 Å². The highest BCUT2D eigenvalue weighted by Gasteiger charge is 2.17. The molecular weight excluding hydrogens is 300 g/mol. The van der Waals surface area contributed by atoms with Crippen molar-refractivity contribution in [3.8, 4) is 11.6 Å². The molecule has 0 aliphatic heterocycles. The lowest BCUT2D eigenvalue weighted by molar-refractivity contribution is 0.415. The number of aromatic hydroxyl groups is 1. The molecule has 0 aliphatic rings. The van der Waals surface area contributed by atoms with Crippen LogP contribution in [0, 0.1) is 0 Å². The van der Waals surface area contributed by atoms with Gasteiger partial charge in [-0.1, -0.05) is 0 Å². The average Bonchev–Trinajstić information content (AvgIpc) is 2.69. The standard InChI is InChI=1S/C12H13ClN4O2S/c1-19-7-2-3-9-8(6-7)10(15-16-12(14)20)11(18)17(9)5-4-13/h2-3,6,18H,4-5H2,1H3,(H2,14,20). The molecular formula is C12H13ClN4O2S. The Labute approximate surface area is 125 Å². The maximum Gasteiger partial charge on any atom is 0.220 e. The summed E-state index contributed by atoms with van der Waals surface area (Å²) < 4.78 is 6.82. The fourth-order valence-electron chi connectivity index (χ4n) is 1.94. The van der Waals surface area contributed by atoms with Crippen LogP contribution in [0.25, 0.3) is 10.9 Å². The molecule has 2 aromatic rings. The van der Waals surface area contributed by atoms with Crippen LogP contribution in [0.2, 0.25) is 0 Å². The summed E-state index contributed by atoms with van der Waals surface area (Å²) in [6, 6.07) is 5.37. The van der Waals surface area contributed by atoms with Crippen molar-refractivity contribution >= 4 is 45.5 Å². The fourth-order valence-corrected chi connectivity index (χ4v) is 2.15. The smallest absolute Gasteiger partial charge is 0.220 e. The number of alkyl halides is 1. The van der Waals surface area contributed by atoms with Crippen LogP contribution in [0.5, 0.6) is 11.6 Å². The first kappa shape index (κ1) is 14.5. The van der Waals surface area contributed by atoms with Crippen LogP contribution in [0.3, 0.4) is 0 Å². The molecule has 0 amide bonds. The number of thiocarbonyl (C=S) groups is 1. The number of benzene rings is 1. The summed E-state index contributed by atoms with van der Waals surface area (Å²) in [6.45, 7) is 0.443. The number of aryl methyl sites for hydroxylation is 1. The van der Waals surface area contributed by atoms with Gasteiger partial charge in [-0.15, -0.1) is 21.8 Å². The highest BCUT2D eigenvalue weighted by molar-refractivity contribution is 7.80. The summed E-state index contributed by atoms with van der Waals surface area (Å²) in [5.74, 6) is 0.969. The predicted molar refractivity (Wildman–Crippen MR) is 82.2 cm³/mol.